The standard InChI is InChI=1S/C58H68N8O6/c67-57(53(43-14-7-5-8-15-43)63-26-32-69-33-27-63)65-25-13-18-50(65)55-59-38-48(61-55)42-21-19-41(20-22-42)45-23-24-47-49-39-60-56(62-49)51-37-46(71-30-11-3-1-2-4-12-31-72-52(47)36-45)40-66(51)58(68)54(44-16-9-6-10-17-44)64-28-34-70-35-29-64/h5-10,14-17,19-24,36,38-39,46,50-51,53-54H,1-4,11-13,18,25-35,37,40H2,(H,59,61)(H,60,62)/t46-,50-,51-,53+,54-/m0/s1. The molecule has 2 aromatic heterocycles. The number of carbonyl (C=O) groups excluding carboxylic acids is 2. The molecule has 0 unspecified atom stereocenters. The van der Waals surface area contributed by atoms with Crippen LogP contribution in [0.5, 0.6) is 5.75 Å². The third-order valence-corrected chi connectivity index (χ3v) is 15.4. The van der Waals surface area contributed by atoms with Crippen LogP contribution in [-0.2, 0) is 23.8 Å². The van der Waals surface area contributed by atoms with Crippen molar-refractivity contribution < 1.29 is 28.5 Å². The first-order chi connectivity index (χ1) is 35.6. The summed E-state index contributed by atoms with van der Waals surface area (Å²) >= 11 is 0. The van der Waals surface area contributed by atoms with Crippen LogP contribution < -0.4 is 4.74 Å². The summed E-state index contributed by atoms with van der Waals surface area (Å²) in [4.78, 5) is 55.2. The van der Waals surface area contributed by atoms with Gasteiger partial charge in [-0.25, -0.2) is 9.97 Å². The lowest BCUT2D eigenvalue weighted by molar-refractivity contribution is -0.141. The average Bonchev–Trinajstić information content (AvgIpc) is 4.28. The number of likely N-dealkylation sites (tertiary alicyclic amines) is 2. The van der Waals surface area contributed by atoms with E-state index in [0.717, 1.165) is 127 Å². The van der Waals surface area contributed by atoms with Gasteiger partial charge >= 0.3 is 0 Å². The summed E-state index contributed by atoms with van der Waals surface area (Å²) in [5.74, 6) is 2.56. The molecular formula is C58H68N8O6. The lowest BCUT2D eigenvalue weighted by atomic mass is 10.00. The van der Waals surface area contributed by atoms with Crippen LogP contribution >= 0.6 is 0 Å². The fourth-order valence-corrected chi connectivity index (χ4v) is 11.5. The predicted molar refractivity (Wildman–Crippen MR) is 276 cm³/mol. The number of aromatic nitrogens is 4. The lowest BCUT2D eigenvalue weighted by Gasteiger charge is -2.37. The molecule has 0 saturated carbocycles. The van der Waals surface area contributed by atoms with Gasteiger partial charge in [0.05, 0.1) is 75.0 Å². The van der Waals surface area contributed by atoms with Crippen molar-refractivity contribution in [3.63, 3.8) is 0 Å². The lowest BCUT2D eigenvalue weighted by Crippen LogP contribution is -2.47. The summed E-state index contributed by atoms with van der Waals surface area (Å²) in [6.07, 6.45) is 12.7. The molecule has 4 aromatic carbocycles. The van der Waals surface area contributed by atoms with Gasteiger partial charge in [0.1, 0.15) is 29.5 Å². The number of carbonyl (C=O) groups is 2. The largest absolute Gasteiger partial charge is 0.493 e. The number of nitrogens with one attached hydrogen (secondary N) is 2. The van der Waals surface area contributed by atoms with Crippen molar-refractivity contribution in [2.75, 3.05) is 78.9 Å². The molecule has 72 heavy (non-hydrogen) atoms. The van der Waals surface area contributed by atoms with Gasteiger partial charge in [0.2, 0.25) is 11.8 Å². The third kappa shape index (κ3) is 10.7. The second kappa shape index (κ2) is 22.7. The fourth-order valence-electron chi connectivity index (χ4n) is 11.5. The van der Waals surface area contributed by atoms with Gasteiger partial charge in [0.25, 0.3) is 0 Å². The van der Waals surface area contributed by atoms with Crippen LogP contribution in [0, 0.1) is 0 Å². The van der Waals surface area contributed by atoms with E-state index in [1.807, 2.05) is 58.6 Å². The van der Waals surface area contributed by atoms with Crippen LogP contribution in [0.15, 0.2) is 116 Å². The molecule has 11 rings (SSSR count). The second-order valence-electron chi connectivity index (χ2n) is 20.0. The summed E-state index contributed by atoms with van der Waals surface area (Å²) in [6, 6.07) is 34.1. The number of morpholine rings is 2. The molecule has 0 spiro atoms. The number of hydrogen-bond acceptors (Lipinski definition) is 10. The number of fused-ring (bicyclic) bond motifs is 7. The highest BCUT2D eigenvalue weighted by molar-refractivity contribution is 5.85. The first-order valence-corrected chi connectivity index (χ1v) is 26.5. The van der Waals surface area contributed by atoms with Gasteiger partial charge in [-0.05, 0) is 65.6 Å². The van der Waals surface area contributed by atoms with E-state index in [2.05, 4.69) is 86.5 Å². The van der Waals surface area contributed by atoms with Crippen molar-refractivity contribution in [1.29, 1.82) is 0 Å². The zero-order valence-electron chi connectivity index (χ0n) is 41.3. The van der Waals surface area contributed by atoms with Gasteiger partial charge < -0.3 is 38.7 Å². The molecule has 5 atom stereocenters. The second-order valence-corrected chi connectivity index (χ2v) is 20.0. The van der Waals surface area contributed by atoms with E-state index in [4.69, 9.17) is 28.9 Å². The maximum atomic E-state index is 15.0. The van der Waals surface area contributed by atoms with E-state index in [1.165, 1.54) is 0 Å². The number of nitrogens with zero attached hydrogens (tertiary/aromatic N) is 6. The Hall–Kier alpha value is -6.16. The highest BCUT2D eigenvalue weighted by atomic mass is 16.5. The summed E-state index contributed by atoms with van der Waals surface area (Å²) in [7, 11) is 0. The Morgan fingerprint density at radius 3 is 1.76 bits per heavy atom. The number of H-pyrrole nitrogens is 2. The topological polar surface area (TPSA) is 141 Å². The Balaban J connectivity index is 0.832. The average molecular weight is 973 g/mol. The first-order valence-electron chi connectivity index (χ1n) is 26.5. The van der Waals surface area contributed by atoms with E-state index in [1.54, 1.807) is 0 Å². The summed E-state index contributed by atoms with van der Waals surface area (Å²) in [5, 5.41) is 0. The van der Waals surface area contributed by atoms with Crippen molar-refractivity contribution in [1.82, 2.24) is 39.5 Å². The first kappa shape index (κ1) is 48.1. The number of aromatic amines is 2. The minimum absolute atomic E-state index is 0.0692. The molecule has 6 aromatic rings. The molecule has 2 N–H and O–H groups in total. The SMILES string of the molecule is O=C([C@H](c1ccccc1)N1CCOCC1)N1C[C@@H]2C[C@H]1c1ncc([nH]1)-c1ccc(-c3ccc(-c4cnc([C@@H]5CCCN5C(=O)[C@@H](c5ccccc5)N5CCOCC5)[nH]4)cc3)cc1OCCCCCCCCO2. The van der Waals surface area contributed by atoms with Gasteiger partial charge in [-0.2, -0.15) is 0 Å². The van der Waals surface area contributed by atoms with Crippen LogP contribution in [0.3, 0.4) is 0 Å². The van der Waals surface area contributed by atoms with Gasteiger partial charge in [-0.3, -0.25) is 19.4 Å². The molecule has 376 valence electrons. The van der Waals surface area contributed by atoms with Gasteiger partial charge in [-0.1, -0.05) is 117 Å². The van der Waals surface area contributed by atoms with E-state index in [-0.39, 0.29) is 36.0 Å². The quantitative estimate of drug-likeness (QED) is 0.144. The molecule has 0 aliphatic carbocycles. The van der Waals surface area contributed by atoms with Crippen LogP contribution in [0.4, 0.5) is 0 Å². The Morgan fingerprint density at radius 1 is 0.542 bits per heavy atom. The highest BCUT2D eigenvalue weighted by Crippen LogP contribution is 2.41. The Labute approximate surface area is 423 Å². The van der Waals surface area contributed by atoms with Crippen molar-refractivity contribution in [2.24, 2.45) is 0 Å². The van der Waals surface area contributed by atoms with Crippen LogP contribution in [-0.4, -0.2) is 136 Å². The maximum Gasteiger partial charge on any atom is 0.245 e. The van der Waals surface area contributed by atoms with Crippen molar-refractivity contribution in [3.8, 4) is 39.4 Å². The molecular weight excluding hydrogens is 905 g/mol. The van der Waals surface area contributed by atoms with Crippen LogP contribution in [0.25, 0.3) is 33.6 Å². The normalized spacial score (nSPS) is 22.6. The Morgan fingerprint density at radius 2 is 1.10 bits per heavy atom. The van der Waals surface area contributed by atoms with Crippen molar-refractivity contribution in [3.05, 3.63) is 138 Å². The van der Waals surface area contributed by atoms with E-state index >= 15 is 0 Å². The molecule has 5 aliphatic heterocycles. The van der Waals surface area contributed by atoms with Gasteiger partial charge in [0.15, 0.2) is 0 Å². The molecule has 0 radical (unpaired) electrons. The number of amides is 2. The number of ether oxygens (including phenoxy) is 4. The van der Waals surface area contributed by atoms with Gasteiger partial charge in [-0.15, -0.1) is 0 Å². The molecule has 4 saturated heterocycles. The van der Waals surface area contributed by atoms with Crippen molar-refractivity contribution >= 4 is 11.8 Å². The smallest absolute Gasteiger partial charge is 0.245 e. The molecule has 14 nitrogen and oxygen atoms in total. The van der Waals surface area contributed by atoms with Crippen LogP contribution in [0.1, 0.15) is 105 Å². The zero-order valence-corrected chi connectivity index (χ0v) is 41.3. The molecule has 4 bridgehead atoms. The van der Waals surface area contributed by atoms with E-state index in [9.17, 15) is 9.59 Å². The third-order valence-electron chi connectivity index (χ3n) is 15.4. The van der Waals surface area contributed by atoms with Crippen molar-refractivity contribution in [2.45, 2.75) is 88.1 Å². The fraction of sp³-hybridized carbons (Fsp3) is 0.448. The van der Waals surface area contributed by atoms with E-state index < -0.39 is 6.04 Å². The Kier molecular flexibility index (Phi) is 15.2. The van der Waals surface area contributed by atoms with E-state index in [0.29, 0.717) is 72.2 Å². The molecule has 2 amide bonds. The number of imidazole rings is 2. The number of hydrogen-bond donors (Lipinski definition) is 2. The number of rotatable bonds is 9. The predicted octanol–water partition coefficient (Wildman–Crippen LogP) is 9.34. The number of benzene rings is 4. The monoisotopic (exact) mass is 973 g/mol. The summed E-state index contributed by atoms with van der Waals surface area (Å²) < 4.78 is 24.6. The zero-order chi connectivity index (χ0) is 48.6. The Bertz CT molecular complexity index is 2720. The minimum atomic E-state index is -0.425. The highest BCUT2D eigenvalue weighted by Gasteiger charge is 2.43. The molecule has 4 fully saturated rings. The molecule has 5 aliphatic rings. The molecule has 7 heterocycles. The molecule has 14 heteroatoms. The maximum absolute atomic E-state index is 15.0. The summed E-state index contributed by atoms with van der Waals surface area (Å²) in [6.45, 7) is 7.81. The van der Waals surface area contributed by atoms with Gasteiger partial charge in [0, 0.05) is 57.9 Å². The van der Waals surface area contributed by atoms with Crippen LogP contribution in [0.2, 0.25) is 0 Å². The summed E-state index contributed by atoms with van der Waals surface area (Å²) in [5.41, 5.74) is 7.83. The minimum Gasteiger partial charge on any atom is -0.493 e.